The maximum Gasteiger partial charge on any atom is 0.573 e. The van der Waals surface area contributed by atoms with Gasteiger partial charge in [0.05, 0.1) is 5.69 Å². The number of urea groups is 1. The molecule has 0 unspecified atom stereocenters. The van der Waals surface area contributed by atoms with Crippen molar-refractivity contribution in [2.45, 2.75) is 19.2 Å². The molecular formula is C23H19F3N4O5. The van der Waals surface area contributed by atoms with E-state index in [2.05, 4.69) is 25.3 Å². The normalized spacial score (nSPS) is 14.0. The van der Waals surface area contributed by atoms with Crippen molar-refractivity contribution >= 4 is 23.4 Å². The highest BCUT2D eigenvalue weighted by molar-refractivity contribution is 6.00. The third-order valence-corrected chi connectivity index (χ3v) is 5.25. The fraction of sp³-hybridized carbons (Fsp3) is 0.217. The zero-order valence-corrected chi connectivity index (χ0v) is 18.0. The maximum absolute atomic E-state index is 12.5. The summed E-state index contributed by atoms with van der Waals surface area (Å²) in [5.74, 6) is -1.43. The van der Waals surface area contributed by atoms with Crippen LogP contribution in [-0.4, -0.2) is 40.0 Å². The molecule has 0 spiro atoms. The first-order valence-corrected chi connectivity index (χ1v) is 10.4. The Morgan fingerprint density at radius 3 is 2.23 bits per heavy atom. The second kappa shape index (κ2) is 9.49. The number of benzene rings is 2. The van der Waals surface area contributed by atoms with Gasteiger partial charge in [-0.3, -0.25) is 4.79 Å². The Morgan fingerprint density at radius 1 is 0.971 bits per heavy atom. The van der Waals surface area contributed by atoms with Crippen LogP contribution in [0, 0.1) is 5.41 Å². The number of hydrogen-bond acceptors (Lipinski definition) is 6. The van der Waals surface area contributed by atoms with E-state index in [1.165, 1.54) is 30.6 Å². The molecule has 35 heavy (non-hydrogen) atoms. The summed E-state index contributed by atoms with van der Waals surface area (Å²) in [6, 6.07) is 11.1. The lowest BCUT2D eigenvalue weighted by Gasteiger charge is -2.14. The molecule has 1 aliphatic carbocycles. The molecular weight excluding hydrogens is 469 g/mol. The van der Waals surface area contributed by atoms with Crippen LogP contribution < -0.4 is 20.1 Å². The predicted octanol–water partition coefficient (Wildman–Crippen LogP) is 4.93. The monoisotopic (exact) mass is 488 g/mol. The van der Waals surface area contributed by atoms with Crippen LogP contribution in [0.3, 0.4) is 0 Å². The molecule has 4 rings (SSSR count). The Hall–Kier alpha value is -4.35. The molecule has 0 bridgehead atoms. The van der Waals surface area contributed by atoms with Crippen LogP contribution in [0.1, 0.15) is 12.8 Å². The van der Waals surface area contributed by atoms with Gasteiger partial charge in [0.25, 0.3) is 0 Å². The summed E-state index contributed by atoms with van der Waals surface area (Å²) in [5, 5.41) is 14.0. The molecule has 1 saturated carbocycles. The molecule has 0 saturated heterocycles. The zero-order valence-electron chi connectivity index (χ0n) is 18.0. The van der Waals surface area contributed by atoms with Gasteiger partial charge in [-0.1, -0.05) is 24.3 Å². The maximum atomic E-state index is 12.5. The number of nitrogens with one attached hydrogen (secondary N) is 2. The van der Waals surface area contributed by atoms with Gasteiger partial charge in [0, 0.05) is 23.6 Å². The Bertz CT molecular complexity index is 1210. The lowest BCUT2D eigenvalue weighted by molar-refractivity contribution is -0.274. The molecule has 0 radical (unpaired) electrons. The molecule has 0 atom stereocenters. The SMILES string of the molecule is O=C(Nc1ccc(-c2cnc(OCC3(C(=O)O)CC3)nc2)cc1)Nc1ccccc1OC(F)(F)F. The van der Waals surface area contributed by atoms with Crippen molar-refractivity contribution in [1.82, 2.24) is 9.97 Å². The van der Waals surface area contributed by atoms with Gasteiger partial charge in [-0.15, -0.1) is 13.2 Å². The largest absolute Gasteiger partial charge is 0.573 e. The van der Waals surface area contributed by atoms with Gasteiger partial charge in [-0.2, -0.15) is 0 Å². The number of carbonyl (C=O) groups excluding carboxylic acids is 1. The number of aliphatic carboxylic acids is 1. The Balaban J connectivity index is 1.34. The predicted molar refractivity (Wildman–Crippen MR) is 118 cm³/mol. The van der Waals surface area contributed by atoms with Gasteiger partial charge in [0.2, 0.25) is 0 Å². The van der Waals surface area contributed by atoms with Crippen LogP contribution in [0.5, 0.6) is 11.8 Å². The van der Waals surface area contributed by atoms with Crippen molar-refractivity contribution in [3.05, 3.63) is 60.9 Å². The van der Waals surface area contributed by atoms with Gasteiger partial charge in [-0.25, -0.2) is 14.8 Å². The van der Waals surface area contributed by atoms with Crippen molar-refractivity contribution in [3.63, 3.8) is 0 Å². The van der Waals surface area contributed by atoms with Gasteiger partial charge in [0.1, 0.15) is 12.0 Å². The minimum Gasteiger partial charge on any atom is -0.481 e. The number of para-hydroxylation sites is 2. The fourth-order valence-electron chi connectivity index (χ4n) is 3.13. The van der Waals surface area contributed by atoms with E-state index in [-0.39, 0.29) is 18.3 Å². The Labute approximate surface area is 196 Å². The number of amides is 2. The highest BCUT2D eigenvalue weighted by atomic mass is 19.4. The van der Waals surface area contributed by atoms with E-state index in [0.29, 0.717) is 24.1 Å². The topological polar surface area (TPSA) is 123 Å². The average molecular weight is 488 g/mol. The number of halogens is 3. The van der Waals surface area contributed by atoms with Crippen molar-refractivity contribution in [1.29, 1.82) is 0 Å². The van der Waals surface area contributed by atoms with Crippen LogP contribution in [0.15, 0.2) is 60.9 Å². The van der Waals surface area contributed by atoms with Crippen molar-refractivity contribution in [3.8, 4) is 22.9 Å². The van der Waals surface area contributed by atoms with E-state index >= 15 is 0 Å². The third kappa shape index (κ3) is 6.16. The van der Waals surface area contributed by atoms with Gasteiger partial charge in [-0.05, 0) is 42.7 Å². The summed E-state index contributed by atoms with van der Waals surface area (Å²) >= 11 is 0. The van der Waals surface area contributed by atoms with E-state index in [9.17, 15) is 27.9 Å². The molecule has 182 valence electrons. The third-order valence-electron chi connectivity index (χ3n) is 5.25. The lowest BCUT2D eigenvalue weighted by Crippen LogP contribution is -2.23. The second-order valence-corrected chi connectivity index (χ2v) is 7.83. The minimum absolute atomic E-state index is 0.0108. The van der Waals surface area contributed by atoms with Crippen LogP contribution in [-0.2, 0) is 4.79 Å². The summed E-state index contributed by atoms with van der Waals surface area (Å²) in [4.78, 5) is 31.6. The van der Waals surface area contributed by atoms with E-state index in [4.69, 9.17) is 4.74 Å². The molecule has 3 aromatic rings. The number of carbonyl (C=O) groups is 2. The molecule has 2 amide bonds. The molecule has 9 nitrogen and oxygen atoms in total. The Morgan fingerprint density at radius 2 is 1.63 bits per heavy atom. The van der Waals surface area contributed by atoms with E-state index in [0.717, 1.165) is 11.6 Å². The molecule has 2 aromatic carbocycles. The van der Waals surface area contributed by atoms with Crippen LogP contribution in [0.25, 0.3) is 11.1 Å². The second-order valence-electron chi connectivity index (χ2n) is 7.83. The summed E-state index contributed by atoms with van der Waals surface area (Å²) in [6.45, 7) is 0.0108. The molecule has 1 heterocycles. The summed E-state index contributed by atoms with van der Waals surface area (Å²) < 4.78 is 46.9. The first-order chi connectivity index (χ1) is 16.6. The first kappa shape index (κ1) is 23.8. The number of carboxylic acids is 1. The van der Waals surface area contributed by atoms with Crippen LogP contribution in [0.4, 0.5) is 29.3 Å². The van der Waals surface area contributed by atoms with Crippen molar-refractivity contribution in [2.75, 3.05) is 17.2 Å². The smallest absolute Gasteiger partial charge is 0.481 e. The molecule has 3 N–H and O–H groups in total. The summed E-state index contributed by atoms with van der Waals surface area (Å²) in [6.07, 6.45) is -0.722. The summed E-state index contributed by atoms with van der Waals surface area (Å²) in [7, 11) is 0. The molecule has 1 fully saturated rings. The number of hydrogen-bond donors (Lipinski definition) is 3. The van der Waals surface area contributed by atoms with Crippen molar-refractivity contribution in [2.24, 2.45) is 5.41 Å². The minimum atomic E-state index is -4.89. The number of alkyl halides is 3. The quantitative estimate of drug-likeness (QED) is 0.411. The van der Waals surface area contributed by atoms with Gasteiger partial charge < -0.3 is 25.2 Å². The van der Waals surface area contributed by atoms with Gasteiger partial charge >= 0.3 is 24.4 Å². The van der Waals surface area contributed by atoms with Gasteiger partial charge in [0.15, 0.2) is 5.75 Å². The lowest BCUT2D eigenvalue weighted by atomic mass is 10.1. The zero-order chi connectivity index (χ0) is 25.1. The number of ether oxygens (including phenoxy) is 2. The van der Waals surface area contributed by atoms with E-state index in [1.807, 2.05) is 0 Å². The number of anilines is 2. The number of carboxylic acid groups (broad SMARTS) is 1. The average Bonchev–Trinajstić information content (AvgIpc) is 3.61. The molecule has 1 aromatic heterocycles. The van der Waals surface area contributed by atoms with Crippen molar-refractivity contribution < 1.29 is 37.3 Å². The van der Waals surface area contributed by atoms with E-state index in [1.54, 1.807) is 24.3 Å². The standard InChI is InChI=1S/C23H19F3N4O5/c24-23(25,26)35-18-4-2-1-3-17(18)30-20(33)29-16-7-5-14(6-8-16)15-11-27-21(28-12-15)34-13-22(9-10-22)19(31)32/h1-8,11-12H,9-10,13H2,(H,31,32)(H2,29,30,33). The highest BCUT2D eigenvalue weighted by Gasteiger charge is 2.51. The summed E-state index contributed by atoms with van der Waals surface area (Å²) in [5.41, 5.74) is 0.797. The van der Waals surface area contributed by atoms with Crippen LogP contribution >= 0.6 is 0 Å². The van der Waals surface area contributed by atoms with E-state index < -0.39 is 29.5 Å². The Kier molecular flexibility index (Phi) is 6.45. The highest BCUT2D eigenvalue weighted by Crippen LogP contribution is 2.45. The number of rotatable bonds is 8. The molecule has 12 heteroatoms. The first-order valence-electron chi connectivity index (χ1n) is 10.4. The van der Waals surface area contributed by atoms with Crippen LogP contribution in [0.2, 0.25) is 0 Å². The molecule has 1 aliphatic rings. The number of nitrogens with zero attached hydrogens (tertiary/aromatic N) is 2. The number of aromatic nitrogens is 2. The molecule has 0 aliphatic heterocycles. The fourth-order valence-corrected chi connectivity index (χ4v) is 3.13.